The number of ketones is 1. The molecule has 1 unspecified atom stereocenters. The lowest BCUT2D eigenvalue weighted by atomic mass is 10.1. The molecule has 0 bridgehead atoms. The minimum Gasteiger partial charge on any atom is -0.489 e. The average molecular weight is 297 g/mol. The summed E-state index contributed by atoms with van der Waals surface area (Å²) in [6, 6.07) is 5.39. The van der Waals surface area contributed by atoms with E-state index in [9.17, 15) is 4.79 Å². The molecule has 0 saturated heterocycles. The van der Waals surface area contributed by atoms with Crippen LogP contribution in [0, 0.1) is 11.8 Å². The van der Waals surface area contributed by atoms with Crippen LogP contribution in [0.25, 0.3) is 0 Å². The molecule has 20 heavy (non-hydrogen) atoms. The smallest absolute Gasteiger partial charge is 0.290 e. The molecule has 5 heteroatoms. The van der Waals surface area contributed by atoms with Crippen LogP contribution in [0.3, 0.4) is 0 Å². The van der Waals surface area contributed by atoms with Crippen LogP contribution in [-0.2, 0) is 4.79 Å². The van der Waals surface area contributed by atoms with Gasteiger partial charge in [-0.15, -0.1) is 0 Å². The van der Waals surface area contributed by atoms with Gasteiger partial charge in [-0.25, -0.2) is 0 Å². The molecule has 1 aromatic carbocycles. The van der Waals surface area contributed by atoms with Gasteiger partial charge in [0.1, 0.15) is 5.75 Å². The van der Waals surface area contributed by atoms with Crippen molar-refractivity contribution in [2.45, 2.75) is 32.3 Å². The number of carbonyl (C=O) groups is 2. The molecular formula is C15H17ClO4. The molecule has 2 aliphatic rings. The lowest BCUT2D eigenvalue weighted by Crippen LogP contribution is -2.03. The molecule has 2 saturated carbocycles. The van der Waals surface area contributed by atoms with Gasteiger partial charge in [-0.1, -0.05) is 18.5 Å². The minimum absolute atomic E-state index is 0.210. The zero-order chi connectivity index (χ0) is 14.7. The molecule has 108 valence electrons. The number of benzene rings is 1. The topological polar surface area (TPSA) is 63.6 Å². The number of halogens is 1. The molecule has 4 nitrogen and oxygen atoms in total. The Morgan fingerprint density at radius 1 is 1.45 bits per heavy atom. The minimum atomic E-state index is -0.250. The molecule has 0 radical (unpaired) electrons. The van der Waals surface area contributed by atoms with Gasteiger partial charge in [0.15, 0.2) is 5.78 Å². The zero-order valence-electron chi connectivity index (χ0n) is 11.2. The van der Waals surface area contributed by atoms with Gasteiger partial charge in [0.25, 0.3) is 6.47 Å². The maximum absolute atomic E-state index is 12.0. The van der Waals surface area contributed by atoms with Crippen molar-refractivity contribution in [3.8, 4) is 5.75 Å². The lowest BCUT2D eigenvalue weighted by Gasteiger charge is -2.08. The standard InChI is InChI=1S/C14H15ClO2.CH2O2/c1-8-6-11(8)14(16)9-2-5-13(12(15)7-9)17-10-3-4-10;2-1-3/h2,5,7-8,10-11H,3-4,6H2,1H3;1H,(H,2,3)/t8?,11-;/m0./s1. The number of carboxylic acid groups (broad SMARTS) is 1. The fourth-order valence-corrected chi connectivity index (χ4v) is 2.24. The van der Waals surface area contributed by atoms with Crippen molar-refractivity contribution in [1.29, 1.82) is 0 Å². The first-order valence-electron chi connectivity index (χ1n) is 6.65. The van der Waals surface area contributed by atoms with E-state index in [0.717, 1.165) is 19.3 Å². The number of carbonyl (C=O) groups excluding carboxylic acids is 1. The van der Waals surface area contributed by atoms with Crippen LogP contribution in [0.1, 0.15) is 36.5 Å². The van der Waals surface area contributed by atoms with Crippen molar-refractivity contribution in [2.75, 3.05) is 0 Å². The summed E-state index contributed by atoms with van der Waals surface area (Å²) in [7, 11) is 0. The van der Waals surface area contributed by atoms with Gasteiger partial charge in [0.05, 0.1) is 11.1 Å². The summed E-state index contributed by atoms with van der Waals surface area (Å²) in [5, 5.41) is 7.44. The molecule has 2 aliphatic carbocycles. The molecule has 0 aliphatic heterocycles. The van der Waals surface area contributed by atoms with Crippen LogP contribution in [0.4, 0.5) is 0 Å². The molecule has 1 aromatic rings. The van der Waals surface area contributed by atoms with Gasteiger partial charge < -0.3 is 9.84 Å². The van der Waals surface area contributed by atoms with E-state index >= 15 is 0 Å². The number of hydrogen-bond acceptors (Lipinski definition) is 3. The Balaban J connectivity index is 0.000000452. The lowest BCUT2D eigenvalue weighted by molar-refractivity contribution is -0.122. The summed E-state index contributed by atoms with van der Waals surface area (Å²) in [5.74, 6) is 1.66. The van der Waals surface area contributed by atoms with Crippen LogP contribution in [0.15, 0.2) is 18.2 Å². The monoisotopic (exact) mass is 296 g/mol. The Hall–Kier alpha value is -1.55. The van der Waals surface area contributed by atoms with Gasteiger partial charge in [0.2, 0.25) is 0 Å². The van der Waals surface area contributed by atoms with E-state index in [1.807, 2.05) is 12.1 Å². The van der Waals surface area contributed by atoms with E-state index in [4.69, 9.17) is 26.2 Å². The van der Waals surface area contributed by atoms with Gasteiger partial charge in [-0.05, 0) is 43.4 Å². The van der Waals surface area contributed by atoms with E-state index < -0.39 is 0 Å². The summed E-state index contributed by atoms with van der Waals surface area (Å²) in [6.07, 6.45) is 3.56. The number of hydrogen-bond donors (Lipinski definition) is 1. The Labute approximate surface area is 122 Å². The van der Waals surface area contributed by atoms with Gasteiger partial charge in [0, 0.05) is 11.5 Å². The van der Waals surface area contributed by atoms with E-state index in [1.165, 1.54) is 0 Å². The fourth-order valence-electron chi connectivity index (χ4n) is 2.02. The molecule has 3 rings (SSSR count). The second-order valence-electron chi connectivity index (χ2n) is 5.25. The molecule has 0 aromatic heterocycles. The summed E-state index contributed by atoms with van der Waals surface area (Å²) >= 11 is 6.13. The maximum atomic E-state index is 12.0. The molecule has 0 amide bonds. The number of rotatable bonds is 4. The van der Waals surface area contributed by atoms with Crippen LogP contribution < -0.4 is 4.74 Å². The fraction of sp³-hybridized carbons (Fsp3) is 0.467. The van der Waals surface area contributed by atoms with Crippen molar-refractivity contribution in [3.63, 3.8) is 0 Å². The Kier molecular flexibility index (Phi) is 4.65. The summed E-state index contributed by atoms with van der Waals surface area (Å²) in [5.41, 5.74) is 0.715. The van der Waals surface area contributed by atoms with Gasteiger partial charge in [-0.3, -0.25) is 9.59 Å². The Bertz CT molecular complexity index is 511. The molecule has 2 atom stereocenters. The summed E-state index contributed by atoms with van der Waals surface area (Å²) in [6.45, 7) is 1.86. The first-order chi connectivity index (χ1) is 9.56. The first kappa shape index (κ1) is 14.9. The van der Waals surface area contributed by atoms with E-state index in [1.54, 1.807) is 6.07 Å². The zero-order valence-corrected chi connectivity index (χ0v) is 12.0. The van der Waals surface area contributed by atoms with E-state index in [-0.39, 0.29) is 18.2 Å². The molecule has 1 N–H and O–H groups in total. The van der Waals surface area contributed by atoms with Crippen molar-refractivity contribution in [1.82, 2.24) is 0 Å². The Morgan fingerprint density at radius 2 is 2.05 bits per heavy atom. The van der Waals surface area contributed by atoms with Crippen LogP contribution >= 0.6 is 11.6 Å². The third kappa shape index (κ3) is 3.73. The number of ether oxygens (including phenoxy) is 1. The predicted octanol–water partition coefficient (Wildman–Crippen LogP) is 3.42. The van der Waals surface area contributed by atoms with E-state index in [0.29, 0.717) is 28.4 Å². The van der Waals surface area contributed by atoms with Gasteiger partial charge in [-0.2, -0.15) is 0 Å². The highest BCUT2D eigenvalue weighted by molar-refractivity contribution is 6.32. The molecule has 0 spiro atoms. The normalized spacial score (nSPS) is 23.3. The predicted molar refractivity (Wildman–Crippen MR) is 75.4 cm³/mol. The maximum Gasteiger partial charge on any atom is 0.290 e. The van der Waals surface area contributed by atoms with Crippen molar-refractivity contribution in [3.05, 3.63) is 28.8 Å². The van der Waals surface area contributed by atoms with Crippen LogP contribution in [0.5, 0.6) is 5.75 Å². The molecular weight excluding hydrogens is 280 g/mol. The van der Waals surface area contributed by atoms with E-state index in [2.05, 4.69) is 6.92 Å². The SMILES string of the molecule is CC1C[C@@H]1C(=O)c1ccc(OC2CC2)c(Cl)c1.O=CO. The second-order valence-corrected chi connectivity index (χ2v) is 5.66. The van der Waals surface area contributed by atoms with Gasteiger partial charge >= 0.3 is 0 Å². The Morgan fingerprint density at radius 3 is 2.50 bits per heavy atom. The summed E-state index contributed by atoms with van der Waals surface area (Å²) < 4.78 is 5.64. The van der Waals surface area contributed by atoms with Crippen LogP contribution in [-0.4, -0.2) is 23.5 Å². The van der Waals surface area contributed by atoms with Crippen molar-refractivity contribution >= 4 is 23.9 Å². The number of Topliss-reactive ketones (excluding diaryl/α,β-unsaturated/α-hetero) is 1. The summed E-state index contributed by atoms with van der Waals surface area (Å²) in [4.78, 5) is 20.4. The first-order valence-corrected chi connectivity index (χ1v) is 7.03. The third-order valence-electron chi connectivity index (χ3n) is 3.48. The highest BCUT2D eigenvalue weighted by Gasteiger charge is 2.39. The molecule has 2 fully saturated rings. The highest BCUT2D eigenvalue weighted by atomic mass is 35.5. The third-order valence-corrected chi connectivity index (χ3v) is 3.78. The van der Waals surface area contributed by atoms with Crippen LogP contribution in [0.2, 0.25) is 5.02 Å². The van der Waals surface area contributed by atoms with Crippen molar-refractivity contribution in [2.24, 2.45) is 11.8 Å². The average Bonchev–Trinajstić information content (AvgIpc) is 3.30. The quantitative estimate of drug-likeness (QED) is 0.683. The van der Waals surface area contributed by atoms with Crippen molar-refractivity contribution < 1.29 is 19.4 Å². The highest BCUT2D eigenvalue weighted by Crippen LogP contribution is 2.41. The largest absolute Gasteiger partial charge is 0.489 e. The molecule has 0 heterocycles. The second kappa shape index (κ2) is 6.27.